The maximum absolute atomic E-state index is 14.4. The summed E-state index contributed by atoms with van der Waals surface area (Å²) in [6, 6.07) is 4.76. The summed E-state index contributed by atoms with van der Waals surface area (Å²) in [5.41, 5.74) is 6.88. The Balaban J connectivity index is 1.70. The number of anilines is 2. The first kappa shape index (κ1) is 21.7. The highest BCUT2D eigenvalue weighted by Crippen LogP contribution is 2.46. The van der Waals surface area contributed by atoms with Gasteiger partial charge in [-0.1, -0.05) is 0 Å². The van der Waals surface area contributed by atoms with E-state index in [2.05, 4.69) is 5.32 Å². The van der Waals surface area contributed by atoms with Crippen LogP contribution in [0.15, 0.2) is 18.2 Å². The molecule has 30 heavy (non-hydrogen) atoms. The summed E-state index contributed by atoms with van der Waals surface area (Å²) in [4.78, 5) is 25.5. The van der Waals surface area contributed by atoms with Gasteiger partial charge in [-0.2, -0.15) is 0 Å². The molecule has 1 saturated heterocycles. The minimum Gasteiger partial charge on any atom is -0.365 e. The van der Waals surface area contributed by atoms with Gasteiger partial charge in [0.2, 0.25) is 0 Å². The Kier molecular flexibility index (Phi) is 5.90. The molecule has 0 spiro atoms. The van der Waals surface area contributed by atoms with Gasteiger partial charge in [0.05, 0.1) is 28.8 Å². The number of nitrogens with one attached hydrogen (secondary N) is 1. The van der Waals surface area contributed by atoms with Crippen molar-refractivity contribution < 1.29 is 23.5 Å². The van der Waals surface area contributed by atoms with Crippen molar-refractivity contribution in [2.24, 2.45) is 5.73 Å². The number of amides is 1. The second kappa shape index (κ2) is 8.18. The molecule has 1 aromatic heterocycles. The molecule has 4 rings (SSSR count). The fourth-order valence-corrected chi connectivity index (χ4v) is 5.81. The molecular weight excluding hydrogens is 522 g/mol. The molecule has 0 radical (unpaired) electrons. The Morgan fingerprint density at radius 1 is 1.43 bits per heavy atom. The standard InChI is InChI=1S/C21H22FIN2O4S/c1-21(2)28-9-12(29-21)7-10-3-6-15(26)18-16(10)17(19(24)27)20(30-18)25-14-5-4-11(23)8-13(14)22/h4-5,8,10,12,25H,3,6-7,9H2,1-2H3,(H2,24,27). The van der Waals surface area contributed by atoms with E-state index in [0.29, 0.717) is 41.3 Å². The molecular formula is C21H22FIN2O4S. The lowest BCUT2D eigenvalue weighted by molar-refractivity contribution is -0.139. The fourth-order valence-electron chi connectivity index (χ4n) is 4.08. The van der Waals surface area contributed by atoms with Gasteiger partial charge >= 0.3 is 0 Å². The van der Waals surface area contributed by atoms with Crippen LogP contribution in [-0.2, 0) is 9.47 Å². The van der Waals surface area contributed by atoms with Crippen LogP contribution in [0.3, 0.4) is 0 Å². The molecule has 2 aliphatic rings. The number of ketones is 1. The van der Waals surface area contributed by atoms with Crippen LogP contribution in [0.25, 0.3) is 0 Å². The molecule has 2 heterocycles. The summed E-state index contributed by atoms with van der Waals surface area (Å²) in [5.74, 6) is -1.80. The average molecular weight is 544 g/mol. The Labute approximate surface area is 191 Å². The predicted molar refractivity (Wildman–Crippen MR) is 121 cm³/mol. The van der Waals surface area contributed by atoms with Crippen LogP contribution in [0, 0.1) is 9.39 Å². The third kappa shape index (κ3) is 4.25. The van der Waals surface area contributed by atoms with E-state index in [1.54, 1.807) is 12.1 Å². The van der Waals surface area contributed by atoms with Crippen molar-refractivity contribution in [3.8, 4) is 0 Å². The lowest BCUT2D eigenvalue weighted by atomic mass is 9.81. The van der Waals surface area contributed by atoms with Gasteiger partial charge in [0.15, 0.2) is 11.6 Å². The van der Waals surface area contributed by atoms with Crippen molar-refractivity contribution in [2.45, 2.75) is 50.9 Å². The second-order valence-electron chi connectivity index (χ2n) is 8.01. The number of carbonyl (C=O) groups is 2. The quantitative estimate of drug-likeness (QED) is 0.521. The Bertz CT molecular complexity index is 1020. The number of ether oxygens (including phenoxy) is 2. The number of halogens is 2. The van der Waals surface area contributed by atoms with E-state index in [0.717, 1.165) is 3.57 Å². The number of benzene rings is 1. The number of fused-ring (bicyclic) bond motifs is 1. The van der Waals surface area contributed by atoms with Gasteiger partial charge in [-0.25, -0.2) is 4.39 Å². The van der Waals surface area contributed by atoms with E-state index in [-0.39, 0.29) is 29.1 Å². The van der Waals surface area contributed by atoms with Crippen molar-refractivity contribution in [2.75, 3.05) is 11.9 Å². The summed E-state index contributed by atoms with van der Waals surface area (Å²) >= 11 is 3.19. The first-order chi connectivity index (χ1) is 14.1. The zero-order valence-electron chi connectivity index (χ0n) is 16.6. The molecule has 2 aromatic rings. The van der Waals surface area contributed by atoms with Gasteiger partial charge in [0.1, 0.15) is 10.8 Å². The molecule has 2 unspecified atom stereocenters. The maximum atomic E-state index is 14.4. The molecule has 3 N–H and O–H groups in total. The van der Waals surface area contributed by atoms with E-state index in [1.807, 2.05) is 36.4 Å². The largest absolute Gasteiger partial charge is 0.365 e. The molecule has 6 nitrogen and oxygen atoms in total. The van der Waals surface area contributed by atoms with Crippen molar-refractivity contribution in [1.29, 1.82) is 0 Å². The van der Waals surface area contributed by atoms with Gasteiger partial charge in [0.25, 0.3) is 5.91 Å². The Morgan fingerprint density at radius 3 is 2.83 bits per heavy atom. The van der Waals surface area contributed by atoms with Crippen molar-refractivity contribution >= 4 is 56.3 Å². The summed E-state index contributed by atoms with van der Waals surface area (Å²) in [7, 11) is 0. The minimum absolute atomic E-state index is 0.0196. The van der Waals surface area contributed by atoms with E-state index >= 15 is 0 Å². The second-order valence-corrected chi connectivity index (χ2v) is 10.3. The molecule has 1 aliphatic heterocycles. The predicted octanol–water partition coefficient (Wildman–Crippen LogP) is 4.94. The normalized spacial score (nSPS) is 22.7. The van der Waals surface area contributed by atoms with Crippen LogP contribution in [0.5, 0.6) is 0 Å². The molecule has 1 amide bonds. The lowest BCUT2D eigenvalue weighted by Gasteiger charge is -2.25. The molecule has 0 bridgehead atoms. The zero-order chi connectivity index (χ0) is 21.6. The van der Waals surface area contributed by atoms with Crippen LogP contribution < -0.4 is 11.1 Å². The van der Waals surface area contributed by atoms with Crippen LogP contribution in [0.4, 0.5) is 15.1 Å². The average Bonchev–Trinajstić information content (AvgIpc) is 3.20. The number of thiophene rings is 1. The topological polar surface area (TPSA) is 90.6 Å². The SMILES string of the molecule is CC1(C)OCC(CC2CCC(=O)c3sc(Nc4ccc(I)cc4F)c(C(N)=O)c32)O1. The van der Waals surface area contributed by atoms with Crippen molar-refractivity contribution in [3.05, 3.63) is 43.6 Å². The van der Waals surface area contributed by atoms with Gasteiger partial charge in [-0.3, -0.25) is 9.59 Å². The van der Waals surface area contributed by atoms with Gasteiger partial charge < -0.3 is 20.5 Å². The Morgan fingerprint density at radius 2 is 2.20 bits per heavy atom. The van der Waals surface area contributed by atoms with Crippen LogP contribution >= 0.6 is 33.9 Å². The first-order valence-corrected chi connectivity index (χ1v) is 11.6. The van der Waals surface area contributed by atoms with Gasteiger partial charge in [-0.15, -0.1) is 11.3 Å². The summed E-state index contributed by atoms with van der Waals surface area (Å²) in [6.07, 6.45) is 1.50. The summed E-state index contributed by atoms with van der Waals surface area (Å²) < 4.78 is 26.7. The van der Waals surface area contributed by atoms with Crippen molar-refractivity contribution in [1.82, 2.24) is 0 Å². The number of nitrogens with two attached hydrogens (primary N) is 1. The van der Waals surface area contributed by atoms with Gasteiger partial charge in [0, 0.05) is 9.99 Å². The fraction of sp³-hybridized carbons (Fsp3) is 0.429. The Hall–Kier alpha value is -1.56. The maximum Gasteiger partial charge on any atom is 0.252 e. The molecule has 9 heteroatoms. The number of Topliss-reactive ketones (excluding diaryl/α,β-unsaturated/α-hetero) is 1. The van der Waals surface area contributed by atoms with Crippen LogP contribution in [0.2, 0.25) is 0 Å². The number of hydrogen-bond acceptors (Lipinski definition) is 6. The number of primary amides is 1. The van der Waals surface area contributed by atoms with E-state index < -0.39 is 17.5 Å². The number of rotatable bonds is 5. The number of hydrogen-bond donors (Lipinski definition) is 2. The van der Waals surface area contributed by atoms with E-state index in [4.69, 9.17) is 15.2 Å². The van der Waals surface area contributed by atoms with Gasteiger partial charge in [-0.05, 0) is 79.0 Å². The molecule has 2 atom stereocenters. The molecule has 0 saturated carbocycles. The van der Waals surface area contributed by atoms with E-state index in [9.17, 15) is 14.0 Å². The molecule has 1 aliphatic carbocycles. The molecule has 160 valence electrons. The van der Waals surface area contributed by atoms with Crippen molar-refractivity contribution in [3.63, 3.8) is 0 Å². The van der Waals surface area contributed by atoms with Crippen LogP contribution in [-0.4, -0.2) is 30.2 Å². The smallest absolute Gasteiger partial charge is 0.252 e. The summed E-state index contributed by atoms with van der Waals surface area (Å²) in [6.45, 7) is 4.18. The third-order valence-corrected chi connectivity index (χ3v) is 7.20. The van der Waals surface area contributed by atoms with E-state index in [1.165, 1.54) is 17.4 Å². The third-order valence-electron chi connectivity index (χ3n) is 5.37. The first-order valence-electron chi connectivity index (χ1n) is 9.68. The minimum atomic E-state index is -0.645. The lowest BCUT2D eigenvalue weighted by Crippen LogP contribution is -2.25. The molecule has 1 aromatic carbocycles. The molecule has 1 fully saturated rings. The number of carbonyl (C=O) groups excluding carboxylic acids is 2. The van der Waals surface area contributed by atoms with Crippen LogP contribution in [0.1, 0.15) is 64.6 Å². The zero-order valence-corrected chi connectivity index (χ0v) is 19.6. The summed E-state index contributed by atoms with van der Waals surface area (Å²) in [5, 5.41) is 3.39. The highest BCUT2D eigenvalue weighted by atomic mass is 127. The monoisotopic (exact) mass is 544 g/mol. The highest BCUT2D eigenvalue weighted by Gasteiger charge is 2.39. The highest BCUT2D eigenvalue weighted by molar-refractivity contribution is 14.1.